The third-order valence-corrected chi connectivity index (χ3v) is 9.11. The van der Waals surface area contributed by atoms with Crippen molar-refractivity contribution in [1.29, 1.82) is 5.26 Å². The molecule has 248 valence electrons. The van der Waals surface area contributed by atoms with Crippen molar-refractivity contribution in [3.8, 4) is 6.07 Å². The smallest absolute Gasteiger partial charge is 0.339 e. The van der Waals surface area contributed by atoms with Crippen LogP contribution in [0.2, 0.25) is 0 Å². The lowest BCUT2D eigenvalue weighted by Crippen LogP contribution is -2.47. The van der Waals surface area contributed by atoms with Crippen LogP contribution in [0.3, 0.4) is 0 Å². The van der Waals surface area contributed by atoms with Gasteiger partial charge in [-0.1, -0.05) is 24.3 Å². The van der Waals surface area contributed by atoms with Gasteiger partial charge in [-0.2, -0.15) is 10.4 Å². The Labute approximate surface area is 278 Å². The molecule has 1 saturated heterocycles. The number of benzene rings is 3. The van der Waals surface area contributed by atoms with Gasteiger partial charge in [0.1, 0.15) is 35.9 Å². The van der Waals surface area contributed by atoms with E-state index in [0.717, 1.165) is 18.2 Å². The molecule has 1 aromatic heterocycles. The Bertz CT molecular complexity index is 1860. The summed E-state index contributed by atoms with van der Waals surface area (Å²) in [5.74, 6) is -3.62. The Morgan fingerprint density at radius 2 is 1.83 bits per heavy atom. The van der Waals surface area contributed by atoms with Crippen LogP contribution >= 0.6 is 11.8 Å². The maximum atomic E-state index is 15.6. The summed E-state index contributed by atoms with van der Waals surface area (Å²) in [6.07, 6.45) is 8.44. The maximum Gasteiger partial charge on any atom is 0.339 e. The Kier molecular flexibility index (Phi) is 11.1. The van der Waals surface area contributed by atoms with Gasteiger partial charge in [0, 0.05) is 22.4 Å². The van der Waals surface area contributed by atoms with E-state index in [-0.39, 0.29) is 41.7 Å². The van der Waals surface area contributed by atoms with Gasteiger partial charge in [0.15, 0.2) is 11.9 Å². The molecule has 48 heavy (non-hydrogen) atoms. The molecule has 0 spiro atoms. The second kappa shape index (κ2) is 15.4. The van der Waals surface area contributed by atoms with Crippen molar-refractivity contribution in [2.75, 3.05) is 13.2 Å². The molecule has 1 aliphatic heterocycles. The highest BCUT2D eigenvalue weighted by molar-refractivity contribution is 8.00. The first-order valence-corrected chi connectivity index (χ1v) is 15.7. The van der Waals surface area contributed by atoms with Gasteiger partial charge in [-0.15, -0.1) is 11.8 Å². The van der Waals surface area contributed by atoms with Crippen molar-refractivity contribution in [1.82, 2.24) is 14.8 Å². The average molecular weight is 679 g/mol. The molecule has 0 amide bonds. The molecule has 1 aliphatic rings. The number of hydrogen-bond donors (Lipinski definition) is 0. The zero-order valence-electron chi connectivity index (χ0n) is 25.9. The van der Waals surface area contributed by atoms with E-state index in [1.807, 2.05) is 6.07 Å². The molecule has 0 aliphatic carbocycles. The van der Waals surface area contributed by atoms with Crippen LogP contribution in [0.25, 0.3) is 6.08 Å². The number of nitrogens with zero attached hydrogens (tertiary/aromatic N) is 4. The van der Waals surface area contributed by atoms with Gasteiger partial charge in [0.2, 0.25) is 0 Å². The molecule has 5 rings (SSSR count). The van der Waals surface area contributed by atoms with Gasteiger partial charge in [0.25, 0.3) is 0 Å². The SMILES string of the molecule is Cc1cc(F)ccc1C(=O)O[C@@](Cn1cncn1)(c1ccc(F)cc1F)[C@@H](C)SC1COC(/C=C/C=C/c2ccc(C#N)cc2F)OC1. The van der Waals surface area contributed by atoms with Crippen molar-refractivity contribution in [2.24, 2.45) is 0 Å². The molecule has 4 aromatic rings. The number of aromatic nitrogens is 3. The number of rotatable bonds is 11. The second-order valence-corrected chi connectivity index (χ2v) is 12.6. The van der Waals surface area contributed by atoms with Crippen molar-refractivity contribution in [3.05, 3.63) is 137 Å². The molecule has 0 bridgehead atoms. The summed E-state index contributed by atoms with van der Waals surface area (Å²) in [4.78, 5) is 17.7. The minimum atomic E-state index is -1.75. The third-order valence-electron chi connectivity index (χ3n) is 7.66. The number of hydrogen-bond acceptors (Lipinski definition) is 8. The highest BCUT2D eigenvalue weighted by Crippen LogP contribution is 2.42. The summed E-state index contributed by atoms with van der Waals surface area (Å²) in [6.45, 7) is 3.55. The predicted molar refractivity (Wildman–Crippen MR) is 170 cm³/mol. The van der Waals surface area contributed by atoms with E-state index in [9.17, 15) is 18.0 Å². The number of esters is 1. The summed E-state index contributed by atoms with van der Waals surface area (Å²) in [5, 5.41) is 12.1. The van der Waals surface area contributed by atoms with Gasteiger partial charge in [-0.25, -0.2) is 32.0 Å². The van der Waals surface area contributed by atoms with Gasteiger partial charge < -0.3 is 14.2 Å². The van der Waals surface area contributed by atoms with E-state index in [4.69, 9.17) is 19.5 Å². The number of nitriles is 1. The van der Waals surface area contributed by atoms with E-state index in [2.05, 4.69) is 10.1 Å². The number of allylic oxidation sites excluding steroid dienone is 2. The zero-order chi connectivity index (χ0) is 34.3. The standard InChI is InChI=1S/C35H30F4N4O4S/c1-22-13-26(36)9-11-29(22)34(44)47-35(19-43-21-41-20-42-43,30-12-10-27(37)15-32(30)39)23(2)48-28-17-45-33(46-18-28)6-4-3-5-25-8-7-24(16-40)14-31(25)38/h3-15,20-21,23,28,33H,17-19H2,1-2H3/b5-3+,6-4+/t23-,28?,33?,35-/m1/s1. The summed E-state index contributed by atoms with van der Waals surface area (Å²) >= 11 is 1.32. The number of halogens is 4. The van der Waals surface area contributed by atoms with E-state index >= 15 is 4.39 Å². The van der Waals surface area contributed by atoms with Crippen molar-refractivity contribution in [3.63, 3.8) is 0 Å². The Morgan fingerprint density at radius 1 is 1.08 bits per heavy atom. The first-order chi connectivity index (χ1) is 23.1. The van der Waals surface area contributed by atoms with Crippen LogP contribution in [0.1, 0.15) is 39.5 Å². The van der Waals surface area contributed by atoms with Crippen LogP contribution in [0.4, 0.5) is 17.6 Å². The first-order valence-electron chi connectivity index (χ1n) is 14.8. The number of ether oxygens (including phenoxy) is 3. The van der Waals surface area contributed by atoms with Crippen LogP contribution in [0.15, 0.2) is 85.5 Å². The highest BCUT2D eigenvalue weighted by atomic mass is 32.2. The molecule has 0 radical (unpaired) electrons. The normalized spacial score (nSPS) is 18.4. The zero-order valence-corrected chi connectivity index (χ0v) is 26.7. The largest absolute Gasteiger partial charge is 0.447 e. The lowest BCUT2D eigenvalue weighted by atomic mass is 9.89. The fraction of sp³-hybridized carbons (Fsp3) is 0.257. The molecular weight excluding hydrogens is 648 g/mol. The lowest BCUT2D eigenvalue weighted by molar-refractivity contribution is -0.146. The minimum Gasteiger partial charge on any atom is -0.447 e. The van der Waals surface area contributed by atoms with Crippen LogP contribution < -0.4 is 0 Å². The van der Waals surface area contributed by atoms with Crippen LogP contribution in [0, 0.1) is 41.5 Å². The van der Waals surface area contributed by atoms with Crippen molar-refractivity contribution >= 4 is 23.8 Å². The third kappa shape index (κ3) is 8.20. The molecule has 8 nitrogen and oxygen atoms in total. The van der Waals surface area contributed by atoms with E-state index in [0.29, 0.717) is 17.2 Å². The summed E-state index contributed by atoms with van der Waals surface area (Å²) in [5.41, 5.74) is -0.900. The lowest BCUT2D eigenvalue weighted by Gasteiger charge is -2.40. The fourth-order valence-electron chi connectivity index (χ4n) is 5.20. The number of aryl methyl sites for hydroxylation is 1. The molecule has 2 atom stereocenters. The second-order valence-electron chi connectivity index (χ2n) is 11.0. The van der Waals surface area contributed by atoms with Crippen molar-refractivity contribution in [2.45, 2.75) is 42.8 Å². The summed E-state index contributed by atoms with van der Waals surface area (Å²) < 4.78 is 77.0. The van der Waals surface area contributed by atoms with Gasteiger partial charge >= 0.3 is 5.97 Å². The van der Waals surface area contributed by atoms with E-state index < -0.39 is 46.4 Å². The molecule has 3 aromatic carbocycles. The van der Waals surface area contributed by atoms with E-state index in [1.165, 1.54) is 59.4 Å². The molecule has 0 unspecified atom stereocenters. The molecule has 0 saturated carbocycles. The summed E-state index contributed by atoms with van der Waals surface area (Å²) in [7, 11) is 0. The average Bonchev–Trinajstić information content (AvgIpc) is 3.57. The molecular formula is C35H30F4N4O4S. The molecule has 1 fully saturated rings. The summed E-state index contributed by atoms with van der Waals surface area (Å²) in [6, 6.07) is 12.7. The molecule has 2 heterocycles. The monoisotopic (exact) mass is 678 g/mol. The molecule has 0 N–H and O–H groups in total. The minimum absolute atomic E-state index is 0.0778. The fourth-order valence-corrected chi connectivity index (χ4v) is 6.56. The van der Waals surface area contributed by atoms with Gasteiger partial charge in [-0.05, 0) is 68.0 Å². The van der Waals surface area contributed by atoms with Crippen molar-refractivity contribution < 1.29 is 36.6 Å². The number of thioether (sulfide) groups is 1. The van der Waals surface area contributed by atoms with Crippen LogP contribution in [0.5, 0.6) is 0 Å². The Balaban J connectivity index is 1.35. The molecule has 13 heteroatoms. The number of carbonyl (C=O) groups excluding carboxylic acids is 1. The number of carbonyl (C=O) groups is 1. The maximum absolute atomic E-state index is 15.6. The Morgan fingerprint density at radius 3 is 2.50 bits per heavy atom. The highest BCUT2D eigenvalue weighted by Gasteiger charge is 2.47. The quantitative estimate of drug-likeness (QED) is 0.0960. The first kappa shape index (κ1) is 34.6. The Hall–Kier alpha value is -4.77. The van der Waals surface area contributed by atoms with Crippen LogP contribution in [-0.4, -0.2) is 50.7 Å². The predicted octanol–water partition coefficient (Wildman–Crippen LogP) is 6.90. The van der Waals surface area contributed by atoms with Crippen LogP contribution in [-0.2, 0) is 26.4 Å². The topological polar surface area (TPSA) is 99.3 Å². The van der Waals surface area contributed by atoms with Gasteiger partial charge in [-0.3, -0.25) is 0 Å². The van der Waals surface area contributed by atoms with E-state index in [1.54, 1.807) is 38.2 Å². The van der Waals surface area contributed by atoms with Gasteiger partial charge in [0.05, 0.1) is 42.2 Å².